The number of amides is 2. The van der Waals surface area contributed by atoms with Gasteiger partial charge in [-0.25, -0.2) is 4.98 Å². The largest absolute Gasteiger partial charge is 0.342 e. The van der Waals surface area contributed by atoms with Crippen LogP contribution in [0.1, 0.15) is 18.4 Å². The van der Waals surface area contributed by atoms with Crippen molar-refractivity contribution < 1.29 is 9.59 Å². The summed E-state index contributed by atoms with van der Waals surface area (Å²) in [5.41, 5.74) is 1.02. The van der Waals surface area contributed by atoms with Crippen molar-refractivity contribution >= 4 is 28.5 Å². The maximum atomic E-state index is 13.0. The number of likely N-dealkylation sites (tertiary alicyclic amines) is 1. The molecule has 9 heteroatoms. The quantitative estimate of drug-likeness (QED) is 0.613. The van der Waals surface area contributed by atoms with E-state index in [-0.39, 0.29) is 29.6 Å². The van der Waals surface area contributed by atoms with Crippen LogP contribution in [0.2, 0.25) is 0 Å². The second-order valence-electron chi connectivity index (χ2n) is 8.18. The topological polar surface area (TPSA) is 107 Å². The van der Waals surface area contributed by atoms with Crippen molar-refractivity contribution in [2.24, 2.45) is 5.92 Å². The summed E-state index contributed by atoms with van der Waals surface area (Å²) in [4.78, 5) is 33.7. The molecular formula is C23H25N7O2. The number of pyridine rings is 1. The molecule has 0 saturated carbocycles. The van der Waals surface area contributed by atoms with Crippen molar-refractivity contribution in [2.75, 3.05) is 39.0 Å². The summed E-state index contributed by atoms with van der Waals surface area (Å²) in [7, 11) is 3.98. The van der Waals surface area contributed by atoms with Crippen molar-refractivity contribution in [3.05, 3.63) is 48.2 Å². The molecule has 3 aromatic rings. The molecule has 0 aliphatic carbocycles. The van der Waals surface area contributed by atoms with E-state index in [9.17, 15) is 14.9 Å². The minimum absolute atomic E-state index is 0.0193. The Labute approximate surface area is 186 Å². The van der Waals surface area contributed by atoms with E-state index < -0.39 is 5.92 Å². The molecule has 2 aromatic heterocycles. The number of anilines is 1. The first-order chi connectivity index (χ1) is 15.5. The van der Waals surface area contributed by atoms with Crippen molar-refractivity contribution in [1.82, 2.24) is 24.6 Å². The molecule has 0 bridgehead atoms. The molecular weight excluding hydrogens is 406 g/mol. The molecule has 32 heavy (non-hydrogen) atoms. The number of hydrogen-bond donors (Lipinski definition) is 1. The smallest absolute Gasteiger partial charge is 0.230 e. The fraction of sp³-hybridized carbons (Fsp3) is 0.348. The number of nitrogens with one attached hydrogen (secondary N) is 1. The van der Waals surface area contributed by atoms with Gasteiger partial charge in [0.1, 0.15) is 11.6 Å². The first-order valence-corrected chi connectivity index (χ1v) is 10.5. The average Bonchev–Trinajstić information content (AvgIpc) is 3.36. The molecule has 1 aliphatic rings. The van der Waals surface area contributed by atoms with Gasteiger partial charge >= 0.3 is 0 Å². The number of carbonyl (C=O) groups excluding carboxylic acids is 2. The van der Waals surface area contributed by atoms with Gasteiger partial charge in [0.05, 0.1) is 17.6 Å². The van der Waals surface area contributed by atoms with E-state index in [1.54, 1.807) is 11.0 Å². The lowest BCUT2D eigenvalue weighted by Gasteiger charge is -2.18. The average molecular weight is 432 g/mol. The zero-order valence-electron chi connectivity index (χ0n) is 18.2. The van der Waals surface area contributed by atoms with Crippen LogP contribution < -0.4 is 5.32 Å². The third kappa shape index (κ3) is 4.45. The monoisotopic (exact) mass is 431 g/mol. The lowest BCUT2D eigenvalue weighted by atomic mass is 10.1. The molecule has 0 spiro atoms. The molecule has 0 radical (unpaired) electrons. The zero-order valence-corrected chi connectivity index (χ0v) is 18.2. The van der Waals surface area contributed by atoms with Gasteiger partial charge in [-0.3, -0.25) is 9.59 Å². The highest BCUT2D eigenvalue weighted by Crippen LogP contribution is 2.24. The fourth-order valence-corrected chi connectivity index (χ4v) is 3.86. The van der Waals surface area contributed by atoms with Gasteiger partial charge in [-0.1, -0.05) is 18.2 Å². The Hall–Kier alpha value is -3.77. The number of hydrogen-bond acceptors (Lipinski definition) is 6. The molecule has 3 heterocycles. The third-order valence-electron chi connectivity index (χ3n) is 5.55. The van der Waals surface area contributed by atoms with Crippen LogP contribution in [0, 0.1) is 17.2 Å². The molecule has 2 amide bonds. The van der Waals surface area contributed by atoms with Crippen molar-refractivity contribution in [3.8, 4) is 11.9 Å². The van der Waals surface area contributed by atoms with Gasteiger partial charge in [0.25, 0.3) is 0 Å². The van der Waals surface area contributed by atoms with Gasteiger partial charge in [-0.2, -0.15) is 15.0 Å². The summed E-state index contributed by atoms with van der Waals surface area (Å²) >= 11 is 0. The lowest BCUT2D eigenvalue weighted by Crippen LogP contribution is -2.31. The fourth-order valence-electron chi connectivity index (χ4n) is 3.86. The maximum Gasteiger partial charge on any atom is 0.230 e. The van der Waals surface area contributed by atoms with Crippen LogP contribution in [0.5, 0.6) is 0 Å². The second kappa shape index (κ2) is 9.16. The lowest BCUT2D eigenvalue weighted by molar-refractivity contribution is -0.128. The molecule has 1 aliphatic heterocycles. The second-order valence-corrected chi connectivity index (χ2v) is 8.18. The van der Waals surface area contributed by atoms with E-state index in [1.807, 2.05) is 44.4 Å². The summed E-state index contributed by atoms with van der Waals surface area (Å²) < 4.78 is 1.45. The van der Waals surface area contributed by atoms with Gasteiger partial charge in [0.2, 0.25) is 11.8 Å². The first-order valence-electron chi connectivity index (χ1n) is 10.5. The molecule has 164 valence electrons. The minimum atomic E-state index is -0.471. The molecule has 1 N–H and O–H groups in total. The summed E-state index contributed by atoms with van der Waals surface area (Å²) in [6, 6.07) is 13.4. The Morgan fingerprint density at radius 1 is 1.28 bits per heavy atom. The van der Waals surface area contributed by atoms with Crippen molar-refractivity contribution in [1.29, 1.82) is 5.26 Å². The molecule has 1 atom stereocenters. The summed E-state index contributed by atoms with van der Waals surface area (Å²) in [5.74, 6) is -0.0324. The van der Waals surface area contributed by atoms with Crippen LogP contribution >= 0.6 is 0 Å². The van der Waals surface area contributed by atoms with Crippen molar-refractivity contribution in [3.63, 3.8) is 0 Å². The van der Waals surface area contributed by atoms with Gasteiger partial charge in [0.15, 0.2) is 11.6 Å². The summed E-state index contributed by atoms with van der Waals surface area (Å²) in [6.07, 6.45) is 2.42. The molecule has 1 aromatic carbocycles. The van der Waals surface area contributed by atoms with Crippen LogP contribution in [0.15, 0.2) is 42.6 Å². The van der Waals surface area contributed by atoms with Crippen LogP contribution in [0.3, 0.4) is 0 Å². The van der Waals surface area contributed by atoms with Gasteiger partial charge < -0.3 is 15.1 Å². The molecule has 1 fully saturated rings. The van der Waals surface area contributed by atoms with Crippen molar-refractivity contribution in [2.45, 2.75) is 12.8 Å². The normalized spacial score (nSPS) is 16.0. The van der Waals surface area contributed by atoms with Gasteiger partial charge in [-0.15, -0.1) is 0 Å². The highest BCUT2D eigenvalue weighted by molar-refractivity contribution is 5.97. The maximum absolute atomic E-state index is 13.0. The number of carbonyl (C=O) groups is 2. The first kappa shape index (κ1) is 21.5. The molecule has 4 rings (SSSR count). The Morgan fingerprint density at radius 3 is 2.88 bits per heavy atom. The summed E-state index contributed by atoms with van der Waals surface area (Å²) in [6.45, 7) is 1.88. The number of nitrogens with zero attached hydrogens (tertiary/aromatic N) is 6. The Bertz CT molecular complexity index is 1190. The SMILES string of the molecule is CN(C)CCCN1CC(C(=O)Nc2c(C#N)cnn2-c2ccc3ccccc3n2)CC1=O. The van der Waals surface area contributed by atoms with E-state index >= 15 is 0 Å². The van der Waals surface area contributed by atoms with Gasteiger partial charge in [-0.05, 0) is 45.3 Å². The molecule has 1 saturated heterocycles. The predicted molar refractivity (Wildman–Crippen MR) is 120 cm³/mol. The Kier molecular flexibility index (Phi) is 6.14. The zero-order chi connectivity index (χ0) is 22.7. The van der Waals surface area contributed by atoms with Crippen LogP contribution in [0.25, 0.3) is 16.7 Å². The Morgan fingerprint density at radius 2 is 2.09 bits per heavy atom. The highest BCUT2D eigenvalue weighted by atomic mass is 16.2. The number of nitriles is 1. The highest BCUT2D eigenvalue weighted by Gasteiger charge is 2.34. The van der Waals surface area contributed by atoms with E-state index in [1.165, 1.54) is 10.9 Å². The van der Waals surface area contributed by atoms with E-state index in [4.69, 9.17) is 0 Å². The van der Waals surface area contributed by atoms with Crippen LogP contribution in [-0.4, -0.2) is 70.1 Å². The number of benzene rings is 1. The predicted octanol–water partition coefficient (Wildman–Crippen LogP) is 2.03. The third-order valence-corrected chi connectivity index (χ3v) is 5.55. The molecule has 1 unspecified atom stereocenters. The van der Waals surface area contributed by atoms with Crippen LogP contribution in [0.4, 0.5) is 5.82 Å². The number of rotatable bonds is 7. The number of fused-ring (bicyclic) bond motifs is 1. The number of aromatic nitrogens is 3. The van der Waals surface area contributed by atoms with E-state index in [0.717, 1.165) is 23.9 Å². The van der Waals surface area contributed by atoms with E-state index in [0.29, 0.717) is 18.9 Å². The van der Waals surface area contributed by atoms with Gasteiger partial charge in [0, 0.05) is 24.9 Å². The number of para-hydroxylation sites is 1. The summed E-state index contributed by atoms with van der Waals surface area (Å²) in [5, 5.41) is 17.6. The minimum Gasteiger partial charge on any atom is -0.342 e. The van der Waals surface area contributed by atoms with Crippen LogP contribution in [-0.2, 0) is 9.59 Å². The van der Waals surface area contributed by atoms with E-state index in [2.05, 4.69) is 26.4 Å². The Balaban J connectivity index is 1.52. The molecule has 9 nitrogen and oxygen atoms in total. The standard InChI is InChI=1S/C23H25N7O2/c1-28(2)10-5-11-29-15-17(12-21(29)31)23(32)27-22-18(13-24)14-25-30(22)20-9-8-16-6-3-4-7-19(16)26-20/h3-4,6-9,14,17H,5,10-12,15H2,1-2H3,(H,27,32).